The summed E-state index contributed by atoms with van der Waals surface area (Å²) >= 11 is 11.6. The van der Waals surface area contributed by atoms with Crippen LogP contribution in [0.15, 0.2) is 36.7 Å². The van der Waals surface area contributed by atoms with Crippen LogP contribution in [0, 0.1) is 11.6 Å². The molecule has 0 radical (unpaired) electrons. The largest absolute Gasteiger partial charge is 0.368 e. The number of carbonyl (C=O) groups excluding carboxylic acids is 2. The first-order chi connectivity index (χ1) is 22.0. The van der Waals surface area contributed by atoms with Gasteiger partial charge in [0.15, 0.2) is 11.6 Å². The number of hydrogen-bond donors (Lipinski definition) is 2. The third-order valence-corrected chi connectivity index (χ3v) is 9.05. The summed E-state index contributed by atoms with van der Waals surface area (Å²) in [4.78, 5) is 40.1. The second-order valence-corrected chi connectivity index (χ2v) is 12.5. The van der Waals surface area contributed by atoms with E-state index in [1.165, 1.54) is 36.7 Å². The molecule has 4 N–H and O–H groups in total. The molecular formula is C32H26Cl2F2N6O4. The van der Waals surface area contributed by atoms with E-state index in [0.717, 1.165) is 36.8 Å². The Hall–Kier alpha value is -4.10. The molecule has 10 nitrogen and oxygen atoms in total. The fourth-order valence-corrected chi connectivity index (χ4v) is 6.90. The summed E-state index contributed by atoms with van der Waals surface area (Å²) in [5.41, 5.74) is 15.4. The number of fused-ring (bicyclic) bond motifs is 8. The van der Waals surface area contributed by atoms with Crippen molar-refractivity contribution in [2.24, 2.45) is 11.5 Å². The highest BCUT2D eigenvalue weighted by Gasteiger charge is 2.39. The van der Waals surface area contributed by atoms with Crippen molar-refractivity contribution in [2.45, 2.75) is 62.9 Å². The van der Waals surface area contributed by atoms with E-state index in [1.807, 2.05) is 0 Å². The number of halogens is 4. The van der Waals surface area contributed by atoms with E-state index in [0.29, 0.717) is 35.4 Å². The van der Waals surface area contributed by atoms with E-state index in [4.69, 9.17) is 44.1 Å². The highest BCUT2D eigenvalue weighted by atomic mass is 35.5. The van der Waals surface area contributed by atoms with Gasteiger partial charge in [0.1, 0.15) is 35.0 Å². The summed E-state index contributed by atoms with van der Waals surface area (Å²) in [5.74, 6) is -2.41. The Morgan fingerprint density at radius 2 is 1.11 bits per heavy atom. The summed E-state index contributed by atoms with van der Waals surface area (Å²) in [6, 6.07) is 5.42. The van der Waals surface area contributed by atoms with Crippen molar-refractivity contribution in [3.8, 4) is 22.5 Å². The molecule has 4 bridgehead atoms. The molecular weight excluding hydrogens is 641 g/mol. The van der Waals surface area contributed by atoms with Gasteiger partial charge in [-0.3, -0.25) is 19.6 Å². The average molecular weight is 668 g/mol. The fraction of sp³-hybridized carbons (Fsp3) is 0.312. The molecule has 2 amide bonds. The van der Waals surface area contributed by atoms with Crippen molar-refractivity contribution in [2.75, 3.05) is 0 Å². The van der Waals surface area contributed by atoms with Gasteiger partial charge in [0.25, 0.3) is 11.8 Å². The summed E-state index contributed by atoms with van der Waals surface area (Å²) < 4.78 is 40.4. The normalized spacial score (nSPS) is 22.0. The number of hydrogen-bond acceptors (Lipinski definition) is 8. The molecule has 4 aliphatic heterocycles. The Kier molecular flexibility index (Phi) is 7.92. The third-order valence-electron chi connectivity index (χ3n) is 8.63. The molecule has 4 aromatic rings. The van der Waals surface area contributed by atoms with E-state index < -0.39 is 23.4 Å². The van der Waals surface area contributed by atoms with Gasteiger partial charge in [-0.1, -0.05) is 23.2 Å². The maximum absolute atomic E-state index is 14.3. The molecule has 4 aromatic heterocycles. The number of aromatic nitrogens is 4. The van der Waals surface area contributed by atoms with Gasteiger partial charge in [-0.05, 0) is 61.1 Å². The summed E-state index contributed by atoms with van der Waals surface area (Å²) in [5, 5.41) is 0.431. The molecule has 14 heteroatoms. The lowest BCUT2D eigenvalue weighted by Crippen LogP contribution is -2.23. The molecule has 0 saturated carbocycles. The third kappa shape index (κ3) is 5.59. The Balaban J connectivity index is 0.000000147. The van der Waals surface area contributed by atoms with Crippen LogP contribution in [0.25, 0.3) is 22.5 Å². The first kappa shape index (κ1) is 30.5. The quantitative estimate of drug-likeness (QED) is 0.284. The van der Waals surface area contributed by atoms with Crippen molar-refractivity contribution in [3.63, 3.8) is 0 Å². The van der Waals surface area contributed by atoms with Gasteiger partial charge < -0.3 is 20.9 Å². The minimum atomic E-state index is -0.663. The highest BCUT2D eigenvalue weighted by Crippen LogP contribution is 2.45. The van der Waals surface area contributed by atoms with E-state index in [-0.39, 0.29) is 57.2 Å². The summed E-state index contributed by atoms with van der Waals surface area (Å²) in [6.07, 6.45) is 7.38. The zero-order valence-corrected chi connectivity index (χ0v) is 25.6. The molecule has 4 atom stereocenters. The second-order valence-electron chi connectivity index (χ2n) is 11.6. The highest BCUT2D eigenvalue weighted by molar-refractivity contribution is 6.30. The van der Waals surface area contributed by atoms with Crippen LogP contribution in [0.5, 0.6) is 0 Å². The molecule has 236 valence electrons. The first-order valence-electron chi connectivity index (χ1n) is 14.7. The van der Waals surface area contributed by atoms with E-state index in [9.17, 15) is 18.4 Å². The van der Waals surface area contributed by atoms with Crippen LogP contribution in [0.3, 0.4) is 0 Å². The predicted octanol–water partition coefficient (Wildman–Crippen LogP) is 5.62. The molecule has 8 heterocycles. The van der Waals surface area contributed by atoms with Gasteiger partial charge >= 0.3 is 0 Å². The van der Waals surface area contributed by atoms with Gasteiger partial charge in [-0.2, -0.15) is 0 Å². The molecule has 0 aliphatic carbocycles. The maximum atomic E-state index is 14.3. The molecule has 0 aromatic carbocycles. The number of nitrogens with two attached hydrogens (primary N) is 2. The van der Waals surface area contributed by atoms with E-state index in [1.54, 1.807) is 0 Å². The minimum Gasteiger partial charge on any atom is -0.368 e. The van der Waals surface area contributed by atoms with E-state index in [2.05, 4.69) is 19.9 Å². The molecule has 2 fully saturated rings. The van der Waals surface area contributed by atoms with Crippen LogP contribution >= 0.6 is 23.2 Å². The van der Waals surface area contributed by atoms with Crippen molar-refractivity contribution in [3.05, 3.63) is 92.2 Å². The Morgan fingerprint density at radius 1 is 0.696 bits per heavy atom. The lowest BCUT2D eigenvalue weighted by atomic mass is 9.94. The van der Waals surface area contributed by atoms with Crippen LogP contribution in [-0.4, -0.2) is 44.0 Å². The summed E-state index contributed by atoms with van der Waals surface area (Å²) in [7, 11) is 0. The number of rotatable bonds is 4. The zero-order valence-electron chi connectivity index (χ0n) is 24.1. The number of nitrogens with zero attached hydrogens (tertiary/aromatic N) is 4. The second kappa shape index (κ2) is 11.9. The van der Waals surface area contributed by atoms with Crippen molar-refractivity contribution in [1.82, 2.24) is 19.9 Å². The van der Waals surface area contributed by atoms with Crippen LogP contribution < -0.4 is 11.5 Å². The molecule has 0 spiro atoms. The number of amides is 2. The topological polar surface area (TPSA) is 156 Å². The first-order valence-corrected chi connectivity index (χ1v) is 15.4. The molecule has 2 saturated heterocycles. The van der Waals surface area contributed by atoms with Crippen LogP contribution in [0.2, 0.25) is 10.0 Å². The van der Waals surface area contributed by atoms with Crippen molar-refractivity contribution in [1.29, 1.82) is 0 Å². The SMILES string of the molecule is NC(=O)c1cc(-c2ncc(Cl)cc2F)c2c(n1)[C@@H]1CC[C@H](C2)O1.NC(=O)c1cc(-c2ncc(Cl)cc2F)c2c(n1)[C@H]1CC[C@@H](C2)O1. The number of carbonyl (C=O) groups is 2. The number of primary amides is 2. The number of pyridine rings is 4. The number of ether oxygens (including phenoxy) is 2. The maximum Gasteiger partial charge on any atom is 0.267 e. The Morgan fingerprint density at radius 3 is 1.48 bits per heavy atom. The van der Waals surface area contributed by atoms with Gasteiger partial charge in [0, 0.05) is 36.4 Å². The smallest absolute Gasteiger partial charge is 0.267 e. The summed E-state index contributed by atoms with van der Waals surface area (Å²) in [6.45, 7) is 0. The molecule has 0 unspecified atom stereocenters. The Labute approximate surface area is 271 Å². The van der Waals surface area contributed by atoms with Crippen LogP contribution in [-0.2, 0) is 22.3 Å². The van der Waals surface area contributed by atoms with Gasteiger partial charge in [-0.25, -0.2) is 18.7 Å². The predicted molar refractivity (Wildman–Crippen MR) is 163 cm³/mol. The fourth-order valence-electron chi connectivity index (χ4n) is 6.61. The lowest BCUT2D eigenvalue weighted by molar-refractivity contribution is 0.0293. The average Bonchev–Trinajstić information content (AvgIpc) is 3.60. The lowest BCUT2D eigenvalue weighted by Gasteiger charge is -2.25. The molecule has 4 aliphatic rings. The Bertz CT molecular complexity index is 1790. The monoisotopic (exact) mass is 666 g/mol. The van der Waals surface area contributed by atoms with E-state index >= 15 is 0 Å². The minimum absolute atomic E-state index is 0.0869. The van der Waals surface area contributed by atoms with Gasteiger partial charge in [-0.15, -0.1) is 0 Å². The molecule has 8 rings (SSSR count). The van der Waals surface area contributed by atoms with Crippen LogP contribution in [0.1, 0.15) is 81.4 Å². The molecule has 46 heavy (non-hydrogen) atoms. The standard InChI is InChI=1S/2C16H13ClFN3O2/c2*17-7-3-11(18)14(20-6-7)10-5-12(16(19)22)21-15-9(10)4-8-1-2-13(15)23-8/h2*3,5-6,8,13H,1-2,4H2,(H2,19,22)/t2*8-,13+/m10/s1. The van der Waals surface area contributed by atoms with Crippen molar-refractivity contribution >= 4 is 35.0 Å². The van der Waals surface area contributed by atoms with Gasteiger partial charge in [0.2, 0.25) is 0 Å². The van der Waals surface area contributed by atoms with Crippen molar-refractivity contribution < 1.29 is 27.8 Å². The van der Waals surface area contributed by atoms with Gasteiger partial charge in [0.05, 0.1) is 33.6 Å². The zero-order chi connectivity index (χ0) is 32.3. The van der Waals surface area contributed by atoms with Crippen LogP contribution in [0.4, 0.5) is 8.78 Å².